The SMILES string of the molecule is CCC(C)(CC)Nc1ccc(Br)cc1C#N. The maximum atomic E-state index is 9.07. The van der Waals surface area contributed by atoms with Gasteiger partial charge >= 0.3 is 0 Å². The molecule has 1 aromatic carbocycles. The van der Waals surface area contributed by atoms with Gasteiger partial charge in [0.1, 0.15) is 6.07 Å². The van der Waals surface area contributed by atoms with Crippen LogP contribution in [0.2, 0.25) is 0 Å². The van der Waals surface area contributed by atoms with Crippen LogP contribution in [0.4, 0.5) is 5.69 Å². The average molecular weight is 281 g/mol. The van der Waals surface area contributed by atoms with Gasteiger partial charge < -0.3 is 5.32 Å². The molecule has 0 aromatic heterocycles. The molecule has 1 rings (SSSR count). The Kier molecular flexibility index (Phi) is 4.37. The minimum absolute atomic E-state index is 0.0550. The summed E-state index contributed by atoms with van der Waals surface area (Å²) in [6, 6.07) is 7.96. The van der Waals surface area contributed by atoms with Gasteiger partial charge in [-0.1, -0.05) is 29.8 Å². The number of hydrogen-bond donors (Lipinski definition) is 1. The van der Waals surface area contributed by atoms with Crippen molar-refractivity contribution in [2.45, 2.75) is 39.2 Å². The van der Waals surface area contributed by atoms with Crippen molar-refractivity contribution in [2.75, 3.05) is 5.32 Å². The zero-order chi connectivity index (χ0) is 12.2. The molecule has 0 aliphatic heterocycles. The van der Waals surface area contributed by atoms with Crippen LogP contribution in [0.25, 0.3) is 0 Å². The van der Waals surface area contributed by atoms with Gasteiger partial charge in [-0.3, -0.25) is 0 Å². The van der Waals surface area contributed by atoms with Gasteiger partial charge in [0.15, 0.2) is 0 Å². The van der Waals surface area contributed by atoms with E-state index >= 15 is 0 Å². The van der Waals surface area contributed by atoms with Crippen LogP contribution in [0.1, 0.15) is 39.2 Å². The lowest BCUT2D eigenvalue weighted by Crippen LogP contribution is -2.33. The molecule has 3 heteroatoms. The highest BCUT2D eigenvalue weighted by molar-refractivity contribution is 9.10. The van der Waals surface area contributed by atoms with Crippen LogP contribution in [-0.4, -0.2) is 5.54 Å². The third-order valence-corrected chi connectivity index (χ3v) is 3.59. The molecular weight excluding hydrogens is 264 g/mol. The summed E-state index contributed by atoms with van der Waals surface area (Å²) >= 11 is 3.37. The molecule has 16 heavy (non-hydrogen) atoms. The van der Waals surface area contributed by atoms with Crippen LogP contribution in [0.15, 0.2) is 22.7 Å². The smallest absolute Gasteiger partial charge is 0.101 e. The van der Waals surface area contributed by atoms with Crippen molar-refractivity contribution in [3.63, 3.8) is 0 Å². The summed E-state index contributed by atoms with van der Waals surface area (Å²) in [5, 5.41) is 12.5. The van der Waals surface area contributed by atoms with Crippen molar-refractivity contribution in [1.82, 2.24) is 0 Å². The number of nitrogens with zero attached hydrogens (tertiary/aromatic N) is 1. The third kappa shape index (κ3) is 2.99. The zero-order valence-corrected chi connectivity index (χ0v) is 11.6. The minimum Gasteiger partial charge on any atom is -0.379 e. The van der Waals surface area contributed by atoms with Crippen LogP contribution in [0, 0.1) is 11.3 Å². The third-order valence-electron chi connectivity index (χ3n) is 3.10. The standard InChI is InChI=1S/C13H17BrN2/c1-4-13(3,5-2)16-12-7-6-11(14)8-10(12)9-15/h6-8,16H,4-5H2,1-3H3. The van der Waals surface area contributed by atoms with Crippen molar-refractivity contribution in [3.8, 4) is 6.07 Å². The Labute approximate surface area is 106 Å². The van der Waals surface area contributed by atoms with Crippen LogP contribution in [0.3, 0.4) is 0 Å². The van der Waals surface area contributed by atoms with Gasteiger partial charge in [-0.15, -0.1) is 0 Å². The summed E-state index contributed by atoms with van der Waals surface area (Å²) in [6.07, 6.45) is 2.06. The van der Waals surface area contributed by atoms with Crippen LogP contribution in [-0.2, 0) is 0 Å². The molecule has 0 saturated heterocycles. The fourth-order valence-corrected chi connectivity index (χ4v) is 1.83. The van der Waals surface area contributed by atoms with E-state index in [0.717, 1.165) is 23.0 Å². The van der Waals surface area contributed by atoms with Gasteiger partial charge in [0, 0.05) is 10.0 Å². The Morgan fingerprint density at radius 2 is 2.00 bits per heavy atom. The molecule has 1 aromatic rings. The van der Waals surface area contributed by atoms with Gasteiger partial charge in [0.25, 0.3) is 0 Å². The lowest BCUT2D eigenvalue weighted by Gasteiger charge is -2.30. The number of halogens is 1. The van der Waals surface area contributed by atoms with Gasteiger partial charge in [-0.2, -0.15) is 5.26 Å². The van der Waals surface area contributed by atoms with E-state index in [9.17, 15) is 0 Å². The van der Waals surface area contributed by atoms with Crippen LogP contribution < -0.4 is 5.32 Å². The molecule has 0 spiro atoms. The number of rotatable bonds is 4. The quantitative estimate of drug-likeness (QED) is 0.892. The molecule has 0 aliphatic rings. The second-order valence-electron chi connectivity index (χ2n) is 4.19. The Balaban J connectivity index is 3.02. The van der Waals surface area contributed by atoms with Crippen molar-refractivity contribution < 1.29 is 0 Å². The maximum Gasteiger partial charge on any atom is 0.101 e. The number of nitrogens with one attached hydrogen (secondary N) is 1. The summed E-state index contributed by atoms with van der Waals surface area (Å²) in [6.45, 7) is 6.49. The maximum absolute atomic E-state index is 9.07. The molecule has 0 heterocycles. The highest BCUT2D eigenvalue weighted by Crippen LogP contribution is 2.26. The van der Waals surface area contributed by atoms with E-state index in [4.69, 9.17) is 5.26 Å². The molecule has 0 fully saturated rings. The topological polar surface area (TPSA) is 35.8 Å². The number of hydrogen-bond acceptors (Lipinski definition) is 2. The predicted molar refractivity (Wildman–Crippen MR) is 71.5 cm³/mol. The summed E-state index contributed by atoms with van der Waals surface area (Å²) in [5.41, 5.74) is 1.65. The lowest BCUT2D eigenvalue weighted by molar-refractivity contribution is 0.478. The van der Waals surface area contributed by atoms with E-state index in [2.05, 4.69) is 48.1 Å². The molecule has 0 atom stereocenters. The van der Waals surface area contributed by atoms with Crippen molar-refractivity contribution >= 4 is 21.6 Å². The molecule has 0 amide bonds. The van der Waals surface area contributed by atoms with E-state index in [-0.39, 0.29) is 5.54 Å². The largest absolute Gasteiger partial charge is 0.379 e. The van der Waals surface area contributed by atoms with Crippen LogP contribution >= 0.6 is 15.9 Å². The van der Waals surface area contributed by atoms with E-state index in [1.165, 1.54) is 0 Å². The fourth-order valence-electron chi connectivity index (χ4n) is 1.47. The first kappa shape index (κ1) is 13.1. The highest BCUT2D eigenvalue weighted by Gasteiger charge is 2.20. The average Bonchev–Trinajstić information content (AvgIpc) is 2.31. The first-order chi connectivity index (χ1) is 7.54. The van der Waals surface area contributed by atoms with Crippen LogP contribution in [0.5, 0.6) is 0 Å². The number of benzene rings is 1. The molecular formula is C13H17BrN2. The monoisotopic (exact) mass is 280 g/mol. The summed E-state index contributed by atoms with van der Waals surface area (Å²) in [7, 11) is 0. The Hall–Kier alpha value is -1.01. The normalized spacial score (nSPS) is 10.9. The first-order valence-corrected chi connectivity index (χ1v) is 6.31. The second-order valence-corrected chi connectivity index (χ2v) is 5.11. The summed E-state index contributed by atoms with van der Waals surface area (Å²) in [5.74, 6) is 0. The number of anilines is 1. The lowest BCUT2D eigenvalue weighted by atomic mass is 9.94. The zero-order valence-electron chi connectivity index (χ0n) is 9.97. The van der Waals surface area contributed by atoms with E-state index in [1.807, 2.05) is 18.2 Å². The minimum atomic E-state index is 0.0550. The van der Waals surface area contributed by atoms with E-state index < -0.39 is 0 Å². The molecule has 0 saturated carbocycles. The molecule has 0 radical (unpaired) electrons. The molecule has 0 aliphatic carbocycles. The fraction of sp³-hybridized carbons (Fsp3) is 0.462. The van der Waals surface area contributed by atoms with Crippen molar-refractivity contribution in [3.05, 3.63) is 28.2 Å². The number of nitriles is 1. The Morgan fingerprint density at radius 1 is 1.38 bits per heavy atom. The predicted octanol–water partition coefficient (Wildman–Crippen LogP) is 4.31. The van der Waals surface area contributed by atoms with Crippen molar-refractivity contribution in [2.24, 2.45) is 0 Å². The summed E-state index contributed by atoms with van der Waals surface area (Å²) in [4.78, 5) is 0. The molecule has 2 nitrogen and oxygen atoms in total. The van der Waals surface area contributed by atoms with Crippen molar-refractivity contribution in [1.29, 1.82) is 5.26 Å². The molecule has 86 valence electrons. The first-order valence-electron chi connectivity index (χ1n) is 5.52. The van der Waals surface area contributed by atoms with Gasteiger partial charge in [0.05, 0.1) is 11.3 Å². The van der Waals surface area contributed by atoms with Gasteiger partial charge in [0.2, 0.25) is 0 Å². The molecule has 1 N–H and O–H groups in total. The summed E-state index contributed by atoms with van der Waals surface area (Å²) < 4.78 is 0.935. The second kappa shape index (κ2) is 5.36. The van der Waals surface area contributed by atoms with E-state index in [0.29, 0.717) is 5.56 Å². The highest BCUT2D eigenvalue weighted by atomic mass is 79.9. The molecule has 0 unspecified atom stereocenters. The Morgan fingerprint density at radius 3 is 2.50 bits per heavy atom. The van der Waals surface area contributed by atoms with Gasteiger partial charge in [-0.25, -0.2) is 0 Å². The molecule has 0 bridgehead atoms. The van der Waals surface area contributed by atoms with Gasteiger partial charge in [-0.05, 0) is 38.0 Å². The Bertz CT molecular complexity index is 403. The van der Waals surface area contributed by atoms with E-state index in [1.54, 1.807) is 0 Å².